The molecule has 3 rings (SSSR count). The fourth-order valence-corrected chi connectivity index (χ4v) is 4.29. The molecule has 1 aromatic rings. The number of piperidine rings is 1. The van der Waals surface area contributed by atoms with Gasteiger partial charge in [0.25, 0.3) is 0 Å². The highest BCUT2D eigenvalue weighted by atomic mass is 15.2. The molecule has 2 nitrogen and oxygen atoms in total. The lowest BCUT2D eigenvalue weighted by Gasteiger charge is -2.39. The summed E-state index contributed by atoms with van der Waals surface area (Å²) in [5.41, 5.74) is 10.4. The zero-order valence-electron chi connectivity index (χ0n) is 13.6. The topological polar surface area (TPSA) is 29.3 Å². The molecule has 0 amide bonds. The number of aryl methyl sites for hydroxylation is 1. The van der Waals surface area contributed by atoms with Gasteiger partial charge in [0.15, 0.2) is 0 Å². The van der Waals surface area contributed by atoms with Crippen LogP contribution in [0.2, 0.25) is 0 Å². The standard InChI is InChI=1S/C19H30N2/c1-3-17(20)13-16-9-10-18(12-14(16)2)21-11-5-7-15-6-4-8-19(15)21/h9-10,12,15,17,19H,3-8,11,13,20H2,1-2H3. The van der Waals surface area contributed by atoms with E-state index >= 15 is 0 Å². The van der Waals surface area contributed by atoms with E-state index in [1.807, 2.05) is 0 Å². The van der Waals surface area contributed by atoms with Crippen molar-refractivity contribution in [3.8, 4) is 0 Å². The summed E-state index contributed by atoms with van der Waals surface area (Å²) in [7, 11) is 0. The lowest BCUT2D eigenvalue weighted by molar-refractivity contribution is 0.362. The van der Waals surface area contributed by atoms with E-state index in [9.17, 15) is 0 Å². The highest BCUT2D eigenvalue weighted by Gasteiger charge is 2.35. The first kappa shape index (κ1) is 14.9. The number of anilines is 1. The molecule has 0 aromatic heterocycles. The van der Waals surface area contributed by atoms with Crippen LogP contribution in [-0.4, -0.2) is 18.6 Å². The second-order valence-corrected chi connectivity index (χ2v) is 7.08. The number of nitrogens with zero attached hydrogens (tertiary/aromatic N) is 1. The van der Waals surface area contributed by atoms with Gasteiger partial charge in [0, 0.05) is 24.3 Å². The SMILES string of the molecule is CCC(N)Cc1ccc(N2CCCC3CCCC32)cc1C. The van der Waals surface area contributed by atoms with Gasteiger partial charge in [-0.3, -0.25) is 0 Å². The van der Waals surface area contributed by atoms with Crippen LogP contribution in [0.3, 0.4) is 0 Å². The Morgan fingerprint density at radius 2 is 2.05 bits per heavy atom. The van der Waals surface area contributed by atoms with Crippen LogP contribution >= 0.6 is 0 Å². The Labute approximate surface area is 129 Å². The molecule has 0 bridgehead atoms. The summed E-state index contributed by atoms with van der Waals surface area (Å²) in [5.74, 6) is 0.951. The molecule has 1 heterocycles. The zero-order chi connectivity index (χ0) is 14.8. The van der Waals surface area contributed by atoms with Gasteiger partial charge in [-0.25, -0.2) is 0 Å². The number of rotatable bonds is 4. The fraction of sp³-hybridized carbons (Fsp3) is 0.684. The summed E-state index contributed by atoms with van der Waals surface area (Å²) >= 11 is 0. The molecule has 0 spiro atoms. The Balaban J connectivity index is 1.78. The molecular formula is C19H30N2. The van der Waals surface area contributed by atoms with Gasteiger partial charge in [-0.1, -0.05) is 19.4 Å². The second kappa shape index (κ2) is 6.39. The quantitative estimate of drug-likeness (QED) is 0.905. The van der Waals surface area contributed by atoms with Crippen LogP contribution in [0.5, 0.6) is 0 Å². The van der Waals surface area contributed by atoms with E-state index in [-0.39, 0.29) is 0 Å². The van der Waals surface area contributed by atoms with E-state index in [2.05, 4.69) is 36.9 Å². The lowest BCUT2D eigenvalue weighted by Crippen LogP contribution is -2.42. The van der Waals surface area contributed by atoms with Crippen LogP contribution in [0.4, 0.5) is 5.69 Å². The molecule has 0 radical (unpaired) electrons. The number of fused-ring (bicyclic) bond motifs is 1. The Kier molecular flexibility index (Phi) is 4.54. The summed E-state index contributed by atoms with van der Waals surface area (Å²) in [6.45, 7) is 5.66. The first-order valence-corrected chi connectivity index (χ1v) is 8.80. The normalized spacial score (nSPS) is 26.7. The third kappa shape index (κ3) is 3.11. The van der Waals surface area contributed by atoms with Gasteiger partial charge in [-0.05, 0) is 74.6 Å². The molecule has 21 heavy (non-hydrogen) atoms. The number of benzene rings is 1. The maximum atomic E-state index is 6.11. The molecule has 2 heteroatoms. The summed E-state index contributed by atoms with van der Waals surface area (Å²) < 4.78 is 0. The van der Waals surface area contributed by atoms with Crippen molar-refractivity contribution in [3.05, 3.63) is 29.3 Å². The largest absolute Gasteiger partial charge is 0.368 e. The number of hydrogen-bond acceptors (Lipinski definition) is 2. The van der Waals surface area contributed by atoms with Crippen LogP contribution < -0.4 is 10.6 Å². The average Bonchev–Trinajstić information content (AvgIpc) is 2.97. The molecular weight excluding hydrogens is 256 g/mol. The van der Waals surface area contributed by atoms with Crippen molar-refractivity contribution in [2.24, 2.45) is 11.7 Å². The maximum absolute atomic E-state index is 6.11. The minimum Gasteiger partial charge on any atom is -0.368 e. The maximum Gasteiger partial charge on any atom is 0.0371 e. The van der Waals surface area contributed by atoms with E-state index in [0.29, 0.717) is 6.04 Å². The predicted molar refractivity (Wildman–Crippen MR) is 90.9 cm³/mol. The summed E-state index contributed by atoms with van der Waals surface area (Å²) in [5, 5.41) is 0. The van der Waals surface area contributed by atoms with E-state index < -0.39 is 0 Å². The molecule has 3 atom stereocenters. The molecule has 3 unspecified atom stereocenters. The molecule has 1 saturated carbocycles. The monoisotopic (exact) mass is 286 g/mol. The Bertz CT molecular complexity index is 482. The van der Waals surface area contributed by atoms with Crippen LogP contribution in [0.15, 0.2) is 18.2 Å². The number of nitrogens with two attached hydrogens (primary N) is 1. The first-order chi connectivity index (χ1) is 10.2. The van der Waals surface area contributed by atoms with Crippen molar-refractivity contribution in [1.29, 1.82) is 0 Å². The Hall–Kier alpha value is -1.02. The molecule has 2 fully saturated rings. The van der Waals surface area contributed by atoms with Crippen molar-refractivity contribution in [2.45, 2.75) is 70.9 Å². The van der Waals surface area contributed by atoms with E-state index in [4.69, 9.17) is 5.73 Å². The van der Waals surface area contributed by atoms with Gasteiger partial charge in [-0.2, -0.15) is 0 Å². The zero-order valence-corrected chi connectivity index (χ0v) is 13.6. The van der Waals surface area contributed by atoms with Crippen LogP contribution in [0, 0.1) is 12.8 Å². The van der Waals surface area contributed by atoms with Crippen molar-refractivity contribution < 1.29 is 0 Å². The van der Waals surface area contributed by atoms with Gasteiger partial charge >= 0.3 is 0 Å². The lowest BCUT2D eigenvalue weighted by atomic mass is 9.91. The fourth-order valence-electron chi connectivity index (χ4n) is 4.29. The van der Waals surface area contributed by atoms with Gasteiger partial charge in [0.1, 0.15) is 0 Å². The van der Waals surface area contributed by atoms with Crippen LogP contribution in [0.1, 0.15) is 56.6 Å². The van der Waals surface area contributed by atoms with Gasteiger partial charge in [0.05, 0.1) is 0 Å². The van der Waals surface area contributed by atoms with Gasteiger partial charge < -0.3 is 10.6 Å². The molecule has 1 aromatic carbocycles. The summed E-state index contributed by atoms with van der Waals surface area (Å²) in [6.07, 6.45) is 9.14. The molecule has 1 aliphatic heterocycles. The first-order valence-electron chi connectivity index (χ1n) is 8.80. The van der Waals surface area contributed by atoms with E-state index in [0.717, 1.165) is 24.8 Å². The molecule has 1 aliphatic carbocycles. The minimum atomic E-state index is 0.295. The molecule has 2 aliphatic rings. The van der Waals surface area contributed by atoms with Crippen LogP contribution in [0.25, 0.3) is 0 Å². The smallest absolute Gasteiger partial charge is 0.0371 e. The molecule has 116 valence electrons. The molecule has 1 saturated heterocycles. The van der Waals surface area contributed by atoms with Crippen LogP contribution in [-0.2, 0) is 6.42 Å². The highest BCUT2D eigenvalue weighted by molar-refractivity contribution is 5.52. The molecule has 2 N–H and O–H groups in total. The van der Waals surface area contributed by atoms with Crippen molar-refractivity contribution in [3.63, 3.8) is 0 Å². The van der Waals surface area contributed by atoms with Gasteiger partial charge in [-0.15, -0.1) is 0 Å². The summed E-state index contributed by atoms with van der Waals surface area (Å²) in [6, 6.07) is 8.16. The third-order valence-corrected chi connectivity index (χ3v) is 5.66. The van der Waals surface area contributed by atoms with Gasteiger partial charge in [0.2, 0.25) is 0 Å². The average molecular weight is 286 g/mol. The van der Waals surface area contributed by atoms with E-state index in [1.54, 1.807) is 0 Å². The minimum absolute atomic E-state index is 0.295. The van der Waals surface area contributed by atoms with E-state index in [1.165, 1.54) is 55.5 Å². The van der Waals surface area contributed by atoms with Crippen molar-refractivity contribution >= 4 is 5.69 Å². The Morgan fingerprint density at radius 1 is 1.24 bits per heavy atom. The highest BCUT2D eigenvalue weighted by Crippen LogP contribution is 2.39. The predicted octanol–water partition coefficient (Wildman–Crippen LogP) is 4.04. The summed E-state index contributed by atoms with van der Waals surface area (Å²) in [4.78, 5) is 2.69. The second-order valence-electron chi connectivity index (χ2n) is 7.08. The third-order valence-electron chi connectivity index (χ3n) is 5.66. The Morgan fingerprint density at radius 3 is 2.81 bits per heavy atom. The van der Waals surface area contributed by atoms with Crippen molar-refractivity contribution in [1.82, 2.24) is 0 Å². The number of hydrogen-bond donors (Lipinski definition) is 1. The van der Waals surface area contributed by atoms with Crippen molar-refractivity contribution in [2.75, 3.05) is 11.4 Å².